The van der Waals surface area contributed by atoms with E-state index >= 15 is 0 Å². The minimum atomic E-state index is -4.65. The van der Waals surface area contributed by atoms with Crippen LogP contribution in [0.2, 0.25) is 0 Å². The quantitative estimate of drug-likeness (QED) is 0.865. The van der Waals surface area contributed by atoms with E-state index in [0.29, 0.717) is 12.6 Å². The van der Waals surface area contributed by atoms with Crippen molar-refractivity contribution in [1.29, 1.82) is 0 Å². The highest BCUT2D eigenvalue weighted by molar-refractivity contribution is 5.47. The Hall–Kier alpha value is -1.87. The van der Waals surface area contributed by atoms with E-state index in [9.17, 15) is 13.2 Å². The number of rotatable bonds is 4. The highest BCUT2D eigenvalue weighted by Gasteiger charge is 2.31. The lowest BCUT2D eigenvalue weighted by Crippen LogP contribution is -2.39. The van der Waals surface area contributed by atoms with Gasteiger partial charge in [-0.3, -0.25) is 4.90 Å². The Labute approximate surface area is 122 Å². The minimum Gasteiger partial charge on any atom is -0.406 e. The van der Waals surface area contributed by atoms with Gasteiger partial charge in [-0.05, 0) is 37.1 Å². The molecule has 1 saturated heterocycles. The Morgan fingerprint density at radius 1 is 1.24 bits per heavy atom. The number of hydrogen-bond acceptors (Lipinski definition) is 3. The summed E-state index contributed by atoms with van der Waals surface area (Å²) in [6.45, 7) is 2.52. The molecule has 3 nitrogen and oxygen atoms in total. The van der Waals surface area contributed by atoms with Gasteiger partial charge in [-0.1, -0.05) is 5.92 Å². The third kappa shape index (κ3) is 5.20. The number of terminal acetylenes is 1. The zero-order valence-electron chi connectivity index (χ0n) is 11.5. The van der Waals surface area contributed by atoms with Crippen LogP contribution in [0, 0.1) is 12.3 Å². The predicted molar refractivity (Wildman–Crippen MR) is 75.0 cm³/mol. The van der Waals surface area contributed by atoms with Gasteiger partial charge in [0.2, 0.25) is 0 Å². The van der Waals surface area contributed by atoms with E-state index in [1.54, 1.807) is 12.1 Å². The van der Waals surface area contributed by atoms with Crippen molar-refractivity contribution >= 4 is 5.69 Å². The molecule has 0 spiro atoms. The summed E-state index contributed by atoms with van der Waals surface area (Å²) in [7, 11) is 0. The molecule has 114 valence electrons. The fourth-order valence-corrected chi connectivity index (χ4v) is 2.35. The Bertz CT molecular complexity index is 485. The third-order valence-electron chi connectivity index (χ3n) is 3.36. The number of likely N-dealkylation sites (tertiary alicyclic amines) is 1. The largest absolute Gasteiger partial charge is 0.573 e. The SMILES string of the molecule is C#CCN1CCC(Nc2ccc(OC(F)(F)F)cc2)CC1. The van der Waals surface area contributed by atoms with Crippen molar-refractivity contribution in [3.05, 3.63) is 24.3 Å². The molecular formula is C15H17F3N2O. The molecule has 0 bridgehead atoms. The summed E-state index contributed by atoms with van der Waals surface area (Å²) in [5, 5.41) is 3.32. The smallest absolute Gasteiger partial charge is 0.406 e. The molecule has 1 aliphatic rings. The number of alkyl halides is 3. The second-order valence-corrected chi connectivity index (χ2v) is 4.97. The molecule has 6 heteroatoms. The van der Waals surface area contributed by atoms with Gasteiger partial charge in [0.05, 0.1) is 6.54 Å². The fourth-order valence-electron chi connectivity index (χ4n) is 2.35. The van der Waals surface area contributed by atoms with Gasteiger partial charge >= 0.3 is 6.36 Å². The lowest BCUT2D eigenvalue weighted by Gasteiger charge is -2.31. The van der Waals surface area contributed by atoms with E-state index in [-0.39, 0.29) is 5.75 Å². The van der Waals surface area contributed by atoms with Crippen molar-refractivity contribution in [3.8, 4) is 18.1 Å². The molecule has 0 amide bonds. The van der Waals surface area contributed by atoms with Gasteiger partial charge in [-0.2, -0.15) is 0 Å². The zero-order chi connectivity index (χ0) is 15.3. The van der Waals surface area contributed by atoms with Crippen LogP contribution in [0.5, 0.6) is 5.75 Å². The Kier molecular flexibility index (Phi) is 4.97. The Balaban J connectivity index is 1.83. The molecule has 21 heavy (non-hydrogen) atoms. The van der Waals surface area contributed by atoms with Crippen LogP contribution in [0.1, 0.15) is 12.8 Å². The van der Waals surface area contributed by atoms with Gasteiger partial charge < -0.3 is 10.1 Å². The lowest BCUT2D eigenvalue weighted by atomic mass is 10.0. The molecule has 1 aromatic rings. The van der Waals surface area contributed by atoms with E-state index in [2.05, 4.69) is 20.9 Å². The predicted octanol–water partition coefficient (Wildman–Crippen LogP) is 3.09. The molecule has 1 aromatic carbocycles. The third-order valence-corrected chi connectivity index (χ3v) is 3.36. The molecule has 0 saturated carbocycles. The van der Waals surface area contributed by atoms with Crippen molar-refractivity contribution in [2.75, 3.05) is 25.0 Å². The molecular weight excluding hydrogens is 281 g/mol. The van der Waals surface area contributed by atoms with Crippen molar-refractivity contribution < 1.29 is 17.9 Å². The maximum atomic E-state index is 12.1. The number of nitrogens with one attached hydrogen (secondary N) is 1. The van der Waals surface area contributed by atoms with Crippen LogP contribution in [0.25, 0.3) is 0 Å². The molecule has 0 unspecified atom stereocenters. The van der Waals surface area contributed by atoms with Crippen LogP contribution in [0.3, 0.4) is 0 Å². The maximum absolute atomic E-state index is 12.1. The Morgan fingerprint density at radius 3 is 2.38 bits per heavy atom. The van der Waals surface area contributed by atoms with Crippen LogP contribution in [0.15, 0.2) is 24.3 Å². The fraction of sp³-hybridized carbons (Fsp3) is 0.467. The highest BCUT2D eigenvalue weighted by Crippen LogP contribution is 2.25. The second kappa shape index (κ2) is 6.72. The first-order valence-corrected chi connectivity index (χ1v) is 6.74. The van der Waals surface area contributed by atoms with Crippen molar-refractivity contribution in [3.63, 3.8) is 0 Å². The van der Waals surface area contributed by atoms with Gasteiger partial charge in [0.15, 0.2) is 0 Å². The van der Waals surface area contributed by atoms with E-state index in [1.807, 2.05) is 0 Å². The van der Waals surface area contributed by atoms with Crippen LogP contribution in [-0.2, 0) is 0 Å². The summed E-state index contributed by atoms with van der Waals surface area (Å²) < 4.78 is 40.0. The average molecular weight is 298 g/mol. The monoisotopic (exact) mass is 298 g/mol. The summed E-state index contributed by atoms with van der Waals surface area (Å²) >= 11 is 0. The van der Waals surface area contributed by atoms with Crippen LogP contribution in [-0.4, -0.2) is 36.9 Å². The number of nitrogens with zero attached hydrogens (tertiary/aromatic N) is 1. The van der Waals surface area contributed by atoms with E-state index in [0.717, 1.165) is 31.6 Å². The number of ether oxygens (including phenoxy) is 1. The first-order chi connectivity index (χ1) is 9.96. The van der Waals surface area contributed by atoms with Crippen LogP contribution >= 0.6 is 0 Å². The lowest BCUT2D eigenvalue weighted by molar-refractivity contribution is -0.274. The van der Waals surface area contributed by atoms with Gasteiger partial charge in [-0.15, -0.1) is 19.6 Å². The highest BCUT2D eigenvalue weighted by atomic mass is 19.4. The topological polar surface area (TPSA) is 24.5 Å². The maximum Gasteiger partial charge on any atom is 0.573 e. The molecule has 0 radical (unpaired) electrons. The van der Waals surface area contributed by atoms with Crippen LogP contribution < -0.4 is 10.1 Å². The summed E-state index contributed by atoms with van der Waals surface area (Å²) in [5.74, 6) is 2.42. The summed E-state index contributed by atoms with van der Waals surface area (Å²) in [4.78, 5) is 2.21. The molecule has 1 fully saturated rings. The summed E-state index contributed by atoms with van der Waals surface area (Å²) in [6.07, 6.45) is 2.54. The second-order valence-electron chi connectivity index (χ2n) is 4.97. The van der Waals surface area contributed by atoms with Gasteiger partial charge in [0.1, 0.15) is 5.75 Å². The summed E-state index contributed by atoms with van der Waals surface area (Å²) in [5.41, 5.74) is 0.792. The summed E-state index contributed by atoms with van der Waals surface area (Å²) in [6, 6.07) is 6.12. The van der Waals surface area contributed by atoms with E-state index < -0.39 is 6.36 Å². The van der Waals surface area contributed by atoms with Gasteiger partial charge in [0.25, 0.3) is 0 Å². The molecule has 0 atom stereocenters. The van der Waals surface area contributed by atoms with Crippen molar-refractivity contribution in [2.45, 2.75) is 25.2 Å². The van der Waals surface area contributed by atoms with E-state index in [4.69, 9.17) is 6.42 Å². The number of hydrogen-bond donors (Lipinski definition) is 1. The minimum absolute atomic E-state index is 0.211. The first-order valence-electron chi connectivity index (χ1n) is 6.74. The van der Waals surface area contributed by atoms with E-state index in [1.165, 1.54) is 12.1 Å². The average Bonchev–Trinajstić information content (AvgIpc) is 2.42. The molecule has 0 aliphatic carbocycles. The van der Waals surface area contributed by atoms with Gasteiger partial charge in [-0.25, -0.2) is 0 Å². The molecule has 0 aromatic heterocycles. The number of anilines is 1. The Morgan fingerprint density at radius 2 is 1.86 bits per heavy atom. The standard InChI is InChI=1S/C15H17F3N2O/c1-2-9-20-10-7-13(8-11-20)19-12-3-5-14(6-4-12)21-15(16,17)18/h1,3-6,13,19H,7-11H2. The number of halogens is 3. The molecule has 1 N–H and O–H groups in total. The normalized spacial score (nSPS) is 17.2. The van der Waals surface area contributed by atoms with Crippen molar-refractivity contribution in [1.82, 2.24) is 4.90 Å². The first kappa shape index (κ1) is 15.5. The molecule has 1 aliphatic heterocycles. The number of benzene rings is 1. The van der Waals surface area contributed by atoms with Gasteiger partial charge in [0, 0.05) is 24.8 Å². The zero-order valence-corrected chi connectivity index (χ0v) is 11.5. The molecule has 1 heterocycles. The number of piperidine rings is 1. The van der Waals surface area contributed by atoms with Crippen LogP contribution in [0.4, 0.5) is 18.9 Å². The molecule has 2 rings (SSSR count). The van der Waals surface area contributed by atoms with Crippen molar-refractivity contribution in [2.24, 2.45) is 0 Å².